The number of methoxy groups -OCH3 is 2. The van der Waals surface area contributed by atoms with Crippen molar-refractivity contribution in [3.05, 3.63) is 95.7 Å². The zero-order valence-corrected chi connectivity index (χ0v) is 20.3. The number of hydrogen-bond donors (Lipinski definition) is 0. The Hall–Kier alpha value is -4.20. The van der Waals surface area contributed by atoms with Gasteiger partial charge >= 0.3 is 17.9 Å². The van der Waals surface area contributed by atoms with Crippen LogP contribution in [0.15, 0.2) is 78.9 Å². The normalized spacial score (nSPS) is 16.1. The lowest BCUT2D eigenvalue weighted by Crippen LogP contribution is -2.37. The van der Waals surface area contributed by atoms with E-state index in [1.807, 2.05) is 24.3 Å². The van der Waals surface area contributed by atoms with Crippen LogP contribution in [0.25, 0.3) is 0 Å². The van der Waals surface area contributed by atoms with Crippen molar-refractivity contribution in [1.82, 2.24) is 9.97 Å². The third-order valence-corrected chi connectivity index (χ3v) is 6.08. The van der Waals surface area contributed by atoms with Crippen molar-refractivity contribution < 1.29 is 28.5 Å². The molecule has 8 heteroatoms. The molecule has 0 saturated heterocycles. The molecule has 36 heavy (non-hydrogen) atoms. The Morgan fingerprint density at radius 2 is 1.44 bits per heavy atom. The lowest BCUT2D eigenvalue weighted by atomic mass is 9.73. The molecule has 2 aromatic carbocycles. The van der Waals surface area contributed by atoms with Crippen LogP contribution in [-0.4, -0.2) is 49.3 Å². The van der Waals surface area contributed by atoms with Gasteiger partial charge in [0.2, 0.25) is 5.88 Å². The van der Waals surface area contributed by atoms with Crippen LogP contribution < -0.4 is 9.47 Å². The van der Waals surface area contributed by atoms with Crippen LogP contribution in [-0.2, 0) is 9.47 Å². The van der Waals surface area contributed by atoms with Gasteiger partial charge in [0.15, 0.2) is 0 Å². The standard InChI is InChI=1S/C28H28N2O6/c1-33-24-16-23(29-27(30-24)34-2)22-14-9-15-28(17-22,18-35-25(31)20-10-5-3-6-11-20)19-36-26(32)21-12-7-4-8-13-21/h3-14,16,22H,15,17-19H2,1-2H3. The molecule has 0 radical (unpaired) electrons. The fourth-order valence-corrected chi connectivity index (χ4v) is 4.14. The summed E-state index contributed by atoms with van der Waals surface area (Å²) in [6.45, 7) is 0.145. The van der Waals surface area contributed by atoms with E-state index in [1.54, 1.807) is 54.6 Å². The van der Waals surface area contributed by atoms with E-state index in [1.165, 1.54) is 14.2 Å². The van der Waals surface area contributed by atoms with Crippen LogP contribution >= 0.6 is 0 Å². The average Bonchev–Trinajstić information content (AvgIpc) is 2.95. The summed E-state index contributed by atoms with van der Waals surface area (Å²) in [5.74, 6) is -0.635. The number of aromatic nitrogens is 2. The molecule has 3 aromatic rings. The number of carbonyl (C=O) groups excluding carboxylic acids is 2. The Morgan fingerprint density at radius 3 is 1.97 bits per heavy atom. The number of ether oxygens (including phenoxy) is 4. The maximum Gasteiger partial charge on any atom is 0.338 e. The summed E-state index contributed by atoms with van der Waals surface area (Å²) in [6, 6.07) is 19.5. The van der Waals surface area contributed by atoms with E-state index >= 15 is 0 Å². The largest absolute Gasteiger partial charge is 0.481 e. The van der Waals surface area contributed by atoms with Crippen molar-refractivity contribution >= 4 is 11.9 Å². The van der Waals surface area contributed by atoms with E-state index in [4.69, 9.17) is 18.9 Å². The molecule has 8 nitrogen and oxygen atoms in total. The quantitative estimate of drug-likeness (QED) is 0.318. The molecule has 1 aliphatic carbocycles. The number of rotatable bonds is 9. The summed E-state index contributed by atoms with van der Waals surface area (Å²) in [5, 5.41) is 0. The van der Waals surface area contributed by atoms with Gasteiger partial charge in [-0.25, -0.2) is 9.59 Å². The molecule has 0 saturated carbocycles. The van der Waals surface area contributed by atoms with Crippen LogP contribution in [0.4, 0.5) is 0 Å². The molecule has 1 unspecified atom stereocenters. The summed E-state index contributed by atoms with van der Waals surface area (Å²) < 4.78 is 22.0. The minimum absolute atomic E-state index is 0.0724. The predicted octanol–water partition coefficient (Wildman–Crippen LogP) is 4.63. The average molecular weight is 489 g/mol. The predicted molar refractivity (Wildman–Crippen MR) is 132 cm³/mol. The maximum absolute atomic E-state index is 12.7. The molecular weight excluding hydrogens is 460 g/mol. The zero-order chi connectivity index (χ0) is 25.4. The summed E-state index contributed by atoms with van der Waals surface area (Å²) in [6.07, 6.45) is 5.13. The van der Waals surface area contributed by atoms with Crippen molar-refractivity contribution in [1.29, 1.82) is 0 Å². The highest BCUT2D eigenvalue weighted by atomic mass is 16.5. The topological polar surface area (TPSA) is 96.8 Å². The summed E-state index contributed by atoms with van der Waals surface area (Å²) >= 11 is 0. The summed E-state index contributed by atoms with van der Waals surface area (Å²) in [7, 11) is 3.02. The van der Waals surface area contributed by atoms with E-state index in [9.17, 15) is 9.59 Å². The van der Waals surface area contributed by atoms with Gasteiger partial charge in [-0.05, 0) is 37.1 Å². The van der Waals surface area contributed by atoms with Crippen LogP contribution in [0, 0.1) is 5.41 Å². The lowest BCUT2D eigenvalue weighted by Gasteiger charge is -2.37. The number of hydrogen-bond acceptors (Lipinski definition) is 8. The first-order valence-electron chi connectivity index (χ1n) is 11.6. The van der Waals surface area contributed by atoms with Crippen molar-refractivity contribution in [2.24, 2.45) is 5.41 Å². The molecule has 0 N–H and O–H groups in total. The van der Waals surface area contributed by atoms with Gasteiger partial charge in [-0.2, -0.15) is 9.97 Å². The first-order chi connectivity index (χ1) is 17.5. The van der Waals surface area contributed by atoms with E-state index in [-0.39, 0.29) is 25.1 Å². The van der Waals surface area contributed by atoms with Crippen molar-refractivity contribution in [2.45, 2.75) is 18.8 Å². The number of nitrogens with zero attached hydrogens (tertiary/aromatic N) is 2. The Bertz CT molecular complexity index is 1140. The summed E-state index contributed by atoms with van der Waals surface area (Å²) in [5.41, 5.74) is 0.965. The highest BCUT2D eigenvalue weighted by molar-refractivity contribution is 5.89. The third kappa shape index (κ3) is 6.07. The molecule has 0 amide bonds. The second-order valence-corrected chi connectivity index (χ2v) is 8.65. The van der Waals surface area contributed by atoms with Crippen molar-refractivity contribution in [3.63, 3.8) is 0 Å². The van der Waals surface area contributed by atoms with E-state index in [0.29, 0.717) is 35.5 Å². The van der Waals surface area contributed by atoms with Crippen LogP contribution in [0.3, 0.4) is 0 Å². The Morgan fingerprint density at radius 1 is 0.861 bits per heavy atom. The fraction of sp³-hybridized carbons (Fsp3) is 0.286. The fourth-order valence-electron chi connectivity index (χ4n) is 4.14. The number of carbonyl (C=O) groups is 2. The van der Waals surface area contributed by atoms with Crippen molar-refractivity contribution in [3.8, 4) is 11.9 Å². The number of benzene rings is 2. The highest BCUT2D eigenvalue weighted by Crippen LogP contribution is 2.41. The van der Waals surface area contributed by atoms with Gasteiger partial charge in [0.25, 0.3) is 0 Å². The molecule has 1 heterocycles. The Labute approximate surface area is 209 Å². The minimum Gasteiger partial charge on any atom is -0.481 e. The molecule has 0 bridgehead atoms. The van der Waals surface area contributed by atoms with Gasteiger partial charge < -0.3 is 18.9 Å². The first kappa shape index (κ1) is 24.9. The monoisotopic (exact) mass is 488 g/mol. The van der Waals surface area contributed by atoms with Crippen molar-refractivity contribution in [2.75, 3.05) is 27.4 Å². The molecular formula is C28H28N2O6. The SMILES string of the molecule is COc1cc(C2C=CCC(COC(=O)c3ccccc3)(COC(=O)c3ccccc3)C2)nc(OC)n1. The molecule has 0 aliphatic heterocycles. The van der Waals surface area contributed by atoms with Gasteiger partial charge in [0, 0.05) is 17.4 Å². The lowest BCUT2D eigenvalue weighted by molar-refractivity contribution is -0.0109. The van der Waals surface area contributed by atoms with E-state index < -0.39 is 17.4 Å². The number of allylic oxidation sites excluding steroid dienone is 2. The van der Waals surface area contributed by atoms with Crippen LogP contribution in [0.2, 0.25) is 0 Å². The smallest absolute Gasteiger partial charge is 0.338 e. The van der Waals surface area contributed by atoms with Gasteiger partial charge in [0.1, 0.15) is 13.2 Å². The van der Waals surface area contributed by atoms with Crippen LogP contribution in [0.5, 0.6) is 11.9 Å². The van der Waals surface area contributed by atoms with Gasteiger partial charge in [-0.15, -0.1) is 0 Å². The Balaban J connectivity index is 1.56. The zero-order valence-electron chi connectivity index (χ0n) is 20.3. The summed E-state index contributed by atoms with van der Waals surface area (Å²) in [4.78, 5) is 34.1. The Kier molecular flexibility index (Phi) is 7.95. The molecule has 1 aliphatic rings. The minimum atomic E-state index is -0.653. The molecule has 4 rings (SSSR count). The second kappa shape index (κ2) is 11.5. The molecule has 1 atom stereocenters. The third-order valence-electron chi connectivity index (χ3n) is 6.08. The molecule has 0 fully saturated rings. The van der Waals surface area contributed by atoms with Crippen LogP contribution in [0.1, 0.15) is 45.2 Å². The first-order valence-corrected chi connectivity index (χ1v) is 11.6. The van der Waals surface area contributed by atoms with E-state index in [2.05, 4.69) is 9.97 Å². The van der Waals surface area contributed by atoms with Gasteiger partial charge in [-0.3, -0.25) is 0 Å². The second-order valence-electron chi connectivity index (χ2n) is 8.65. The highest BCUT2D eigenvalue weighted by Gasteiger charge is 2.38. The number of esters is 2. The molecule has 186 valence electrons. The maximum atomic E-state index is 12.7. The van der Waals surface area contributed by atoms with Gasteiger partial charge in [-0.1, -0.05) is 48.6 Å². The van der Waals surface area contributed by atoms with Gasteiger partial charge in [0.05, 0.1) is 31.0 Å². The molecule has 1 aromatic heterocycles. The molecule has 0 spiro atoms. The van der Waals surface area contributed by atoms with E-state index in [0.717, 1.165) is 0 Å².